The van der Waals surface area contributed by atoms with Crippen LogP contribution in [0.5, 0.6) is 11.5 Å². The minimum Gasteiger partial charge on any atom is -0.457 e. The maximum absolute atomic E-state index is 13.5. The van der Waals surface area contributed by atoms with E-state index in [1.165, 1.54) is 0 Å². The van der Waals surface area contributed by atoms with Gasteiger partial charge in [-0.15, -0.1) is 0 Å². The first-order valence-electron chi connectivity index (χ1n) is 14.5. The van der Waals surface area contributed by atoms with Crippen LogP contribution in [0.25, 0.3) is 0 Å². The van der Waals surface area contributed by atoms with Gasteiger partial charge in [0.2, 0.25) is 17.7 Å². The molecule has 2 aromatic carbocycles. The molecule has 1 aliphatic carbocycles. The molecular formula is C31H38N4O5. The molecule has 3 fully saturated rings. The van der Waals surface area contributed by atoms with Gasteiger partial charge in [-0.1, -0.05) is 24.3 Å². The van der Waals surface area contributed by atoms with Crippen molar-refractivity contribution < 1.29 is 23.9 Å². The number of ether oxygens (including phenoxy) is 2. The predicted molar refractivity (Wildman–Crippen MR) is 148 cm³/mol. The average molecular weight is 547 g/mol. The molecule has 4 bridgehead atoms. The summed E-state index contributed by atoms with van der Waals surface area (Å²) in [6.45, 7) is 4.97. The number of benzene rings is 2. The molecule has 0 radical (unpaired) electrons. The third-order valence-corrected chi connectivity index (χ3v) is 8.51. The third-order valence-electron chi connectivity index (χ3n) is 8.51. The number of piperidine rings is 1. The Morgan fingerprint density at radius 1 is 0.875 bits per heavy atom. The molecule has 3 heterocycles. The van der Waals surface area contributed by atoms with E-state index in [-0.39, 0.29) is 35.8 Å². The molecule has 3 aliphatic heterocycles. The van der Waals surface area contributed by atoms with E-state index in [1.54, 1.807) is 11.8 Å². The van der Waals surface area contributed by atoms with Gasteiger partial charge >= 0.3 is 0 Å². The molecule has 0 unspecified atom stereocenters. The zero-order valence-electron chi connectivity index (χ0n) is 23.1. The number of amides is 3. The molecule has 40 heavy (non-hydrogen) atoms. The van der Waals surface area contributed by atoms with Crippen molar-refractivity contribution in [2.75, 3.05) is 32.7 Å². The first kappa shape index (κ1) is 26.8. The molecule has 6 rings (SSSR count). The van der Waals surface area contributed by atoms with Crippen LogP contribution in [0.3, 0.4) is 0 Å². The van der Waals surface area contributed by atoms with Crippen molar-refractivity contribution in [3.05, 3.63) is 59.7 Å². The Morgan fingerprint density at radius 2 is 1.57 bits per heavy atom. The number of hydrogen-bond donors (Lipinski definition) is 1. The molecule has 0 aromatic heterocycles. The lowest BCUT2D eigenvalue weighted by Gasteiger charge is -2.32. The highest BCUT2D eigenvalue weighted by atomic mass is 16.5. The second kappa shape index (κ2) is 11.6. The fourth-order valence-electron chi connectivity index (χ4n) is 6.13. The molecule has 2 saturated heterocycles. The van der Waals surface area contributed by atoms with Crippen LogP contribution in [0.4, 0.5) is 0 Å². The quantitative estimate of drug-likeness (QED) is 0.623. The summed E-state index contributed by atoms with van der Waals surface area (Å²) in [6.07, 6.45) is 3.21. The van der Waals surface area contributed by atoms with Crippen molar-refractivity contribution in [2.24, 2.45) is 5.92 Å². The SMILES string of the molecule is CC(=O)N1CCC(C(=O)N2C[C@@H]3NC(=O)CN(C4CC4)Cc4cccc(c4)Oc4cccc(c4)CO[C@H]3C2)CC1. The number of nitrogens with one attached hydrogen (secondary N) is 1. The fraction of sp³-hybridized carbons (Fsp3) is 0.516. The van der Waals surface area contributed by atoms with E-state index in [0.29, 0.717) is 64.8 Å². The van der Waals surface area contributed by atoms with Gasteiger partial charge in [0.1, 0.15) is 11.5 Å². The van der Waals surface area contributed by atoms with Crippen molar-refractivity contribution in [1.82, 2.24) is 20.0 Å². The van der Waals surface area contributed by atoms with Crippen LogP contribution < -0.4 is 10.1 Å². The molecule has 9 nitrogen and oxygen atoms in total. The molecule has 1 saturated carbocycles. The molecule has 2 aromatic rings. The summed E-state index contributed by atoms with van der Waals surface area (Å²) in [7, 11) is 0. The average Bonchev–Trinajstić information content (AvgIpc) is 3.72. The number of carbonyl (C=O) groups is 3. The highest BCUT2D eigenvalue weighted by Gasteiger charge is 2.40. The Bertz CT molecular complexity index is 1260. The van der Waals surface area contributed by atoms with Crippen LogP contribution in [-0.2, 0) is 32.3 Å². The Morgan fingerprint density at radius 3 is 2.27 bits per heavy atom. The smallest absolute Gasteiger partial charge is 0.234 e. The Labute approximate surface area is 235 Å². The van der Waals surface area contributed by atoms with Gasteiger partial charge in [0.15, 0.2) is 0 Å². The molecule has 212 valence electrons. The van der Waals surface area contributed by atoms with E-state index >= 15 is 0 Å². The standard InChI is InChI=1S/C31H38N4O5/c1-21(36)33-12-10-24(11-13-33)31(38)35-17-28-29(18-35)39-20-23-5-3-7-27(15-23)40-26-6-2-4-22(14-26)16-34(25-8-9-25)19-30(37)32-28/h2-7,14-15,24-25,28-29H,8-13,16-20H2,1H3,(H,32,37)/t28-,29-/m0/s1. The van der Waals surface area contributed by atoms with Crippen molar-refractivity contribution in [1.29, 1.82) is 0 Å². The van der Waals surface area contributed by atoms with Gasteiger partial charge in [-0.25, -0.2) is 0 Å². The summed E-state index contributed by atoms with van der Waals surface area (Å²) in [5.41, 5.74) is 2.07. The number of rotatable bonds is 2. The van der Waals surface area contributed by atoms with Crippen LogP contribution in [0.2, 0.25) is 0 Å². The van der Waals surface area contributed by atoms with Gasteiger partial charge < -0.3 is 24.6 Å². The Kier molecular flexibility index (Phi) is 7.76. The molecule has 1 N–H and O–H groups in total. The van der Waals surface area contributed by atoms with Crippen LogP contribution in [-0.4, -0.2) is 83.3 Å². The largest absolute Gasteiger partial charge is 0.457 e. The minimum atomic E-state index is -0.315. The minimum absolute atomic E-state index is 0.0453. The van der Waals surface area contributed by atoms with Crippen molar-refractivity contribution in [3.63, 3.8) is 0 Å². The third kappa shape index (κ3) is 6.31. The van der Waals surface area contributed by atoms with Gasteiger partial charge in [-0.2, -0.15) is 0 Å². The fourth-order valence-corrected chi connectivity index (χ4v) is 6.13. The number of nitrogens with zero attached hydrogens (tertiary/aromatic N) is 3. The van der Waals surface area contributed by atoms with Gasteiger partial charge in [0.05, 0.1) is 25.3 Å². The van der Waals surface area contributed by atoms with E-state index in [0.717, 1.165) is 35.5 Å². The highest BCUT2D eigenvalue weighted by molar-refractivity contribution is 5.81. The van der Waals surface area contributed by atoms with Gasteiger partial charge in [0.25, 0.3) is 0 Å². The maximum Gasteiger partial charge on any atom is 0.234 e. The van der Waals surface area contributed by atoms with Crippen molar-refractivity contribution in [3.8, 4) is 11.5 Å². The second-order valence-electron chi connectivity index (χ2n) is 11.6. The zero-order chi connectivity index (χ0) is 27.6. The molecule has 9 heteroatoms. The summed E-state index contributed by atoms with van der Waals surface area (Å²) in [4.78, 5) is 44.4. The number of fused-ring (bicyclic) bond motifs is 5. The lowest BCUT2D eigenvalue weighted by atomic mass is 9.95. The van der Waals surface area contributed by atoms with Gasteiger partial charge in [-0.05, 0) is 61.1 Å². The van der Waals surface area contributed by atoms with Crippen LogP contribution in [0.1, 0.15) is 43.7 Å². The molecule has 3 amide bonds. The Hall–Kier alpha value is -3.43. The zero-order valence-corrected chi connectivity index (χ0v) is 23.1. The Balaban J connectivity index is 1.20. The topological polar surface area (TPSA) is 91.4 Å². The summed E-state index contributed by atoms with van der Waals surface area (Å²) < 4.78 is 12.6. The van der Waals surface area contributed by atoms with E-state index in [4.69, 9.17) is 9.47 Å². The first-order chi connectivity index (χ1) is 19.4. The highest BCUT2D eigenvalue weighted by Crippen LogP contribution is 2.30. The summed E-state index contributed by atoms with van der Waals surface area (Å²) in [5, 5.41) is 3.22. The number of hydrogen-bond acceptors (Lipinski definition) is 6. The van der Waals surface area contributed by atoms with Crippen molar-refractivity contribution in [2.45, 2.75) is 63.9 Å². The van der Waals surface area contributed by atoms with E-state index in [1.807, 2.05) is 47.4 Å². The van der Waals surface area contributed by atoms with Crippen molar-refractivity contribution >= 4 is 17.7 Å². The number of carbonyl (C=O) groups excluding carboxylic acids is 3. The lowest BCUT2D eigenvalue weighted by Crippen LogP contribution is -2.48. The number of likely N-dealkylation sites (tertiary alicyclic amines) is 2. The first-order valence-corrected chi connectivity index (χ1v) is 14.5. The second-order valence-corrected chi connectivity index (χ2v) is 11.6. The van der Waals surface area contributed by atoms with E-state index in [2.05, 4.69) is 16.3 Å². The lowest BCUT2D eigenvalue weighted by molar-refractivity contribution is -0.139. The molecule has 2 atom stereocenters. The maximum atomic E-state index is 13.5. The van der Waals surface area contributed by atoms with Crippen LogP contribution in [0.15, 0.2) is 48.5 Å². The van der Waals surface area contributed by atoms with E-state index < -0.39 is 0 Å². The van der Waals surface area contributed by atoms with Gasteiger partial charge in [-0.3, -0.25) is 19.3 Å². The van der Waals surface area contributed by atoms with Crippen LogP contribution in [0, 0.1) is 5.92 Å². The molecule has 4 aliphatic rings. The summed E-state index contributed by atoms with van der Waals surface area (Å²) in [5.74, 6) is 1.50. The molecule has 0 spiro atoms. The monoisotopic (exact) mass is 546 g/mol. The normalized spacial score (nSPS) is 24.7. The summed E-state index contributed by atoms with van der Waals surface area (Å²) in [6, 6.07) is 16.0. The summed E-state index contributed by atoms with van der Waals surface area (Å²) >= 11 is 0. The molecular weight excluding hydrogens is 508 g/mol. The van der Waals surface area contributed by atoms with Crippen LogP contribution >= 0.6 is 0 Å². The van der Waals surface area contributed by atoms with Gasteiger partial charge in [0, 0.05) is 51.6 Å². The predicted octanol–water partition coefficient (Wildman–Crippen LogP) is 2.93. The van der Waals surface area contributed by atoms with E-state index in [9.17, 15) is 14.4 Å².